The molecule has 2 aliphatic rings. The summed E-state index contributed by atoms with van der Waals surface area (Å²) in [4.78, 5) is 4.99. The van der Waals surface area contributed by atoms with Crippen LogP contribution in [0.15, 0.2) is 0 Å². The molecule has 0 N–H and O–H groups in total. The van der Waals surface area contributed by atoms with Crippen molar-refractivity contribution in [2.24, 2.45) is 0 Å². The number of likely N-dealkylation sites (N-methyl/N-ethyl adjacent to an activating group) is 1. The third-order valence-electron chi connectivity index (χ3n) is 5.03. The van der Waals surface area contributed by atoms with Gasteiger partial charge in [-0.3, -0.25) is 4.90 Å². The van der Waals surface area contributed by atoms with Crippen molar-refractivity contribution < 1.29 is 0 Å². The van der Waals surface area contributed by atoms with E-state index >= 15 is 0 Å². The Labute approximate surface area is 127 Å². The maximum absolute atomic E-state index is 4.42. The Balaban J connectivity index is 1.78. The molecule has 1 aromatic rings. The molecule has 6 nitrogen and oxygen atoms in total. The number of piperazine rings is 1. The Morgan fingerprint density at radius 1 is 1.14 bits per heavy atom. The van der Waals surface area contributed by atoms with E-state index in [1.165, 1.54) is 32.1 Å². The molecule has 2 heterocycles. The van der Waals surface area contributed by atoms with Crippen molar-refractivity contribution in [1.82, 2.24) is 30.0 Å². The summed E-state index contributed by atoms with van der Waals surface area (Å²) in [5.41, 5.74) is 0. The largest absolute Gasteiger partial charge is 0.304 e. The zero-order valence-electron chi connectivity index (χ0n) is 13.4. The summed E-state index contributed by atoms with van der Waals surface area (Å²) in [6.45, 7) is 6.79. The number of aromatic nitrogens is 4. The van der Waals surface area contributed by atoms with Crippen molar-refractivity contribution in [1.29, 1.82) is 0 Å². The van der Waals surface area contributed by atoms with Gasteiger partial charge >= 0.3 is 0 Å². The Morgan fingerprint density at radius 2 is 1.86 bits per heavy atom. The molecule has 2 fully saturated rings. The van der Waals surface area contributed by atoms with Crippen LogP contribution in [0.4, 0.5) is 0 Å². The highest BCUT2D eigenvalue weighted by atomic mass is 15.6. The van der Waals surface area contributed by atoms with Gasteiger partial charge in [0, 0.05) is 26.2 Å². The molecule has 0 radical (unpaired) electrons. The van der Waals surface area contributed by atoms with Crippen molar-refractivity contribution in [2.45, 2.75) is 57.5 Å². The van der Waals surface area contributed by atoms with Crippen molar-refractivity contribution in [3.05, 3.63) is 5.82 Å². The van der Waals surface area contributed by atoms with Gasteiger partial charge in [-0.2, -0.15) is 0 Å². The molecule has 1 aliphatic carbocycles. The number of rotatable bonds is 5. The van der Waals surface area contributed by atoms with Gasteiger partial charge in [0.25, 0.3) is 0 Å². The molecule has 21 heavy (non-hydrogen) atoms. The SMILES string of the molecule is CCC[C@@H](c1nnnn1C1CCCC1)N1CCN(C)CC1. The monoisotopic (exact) mass is 292 g/mol. The minimum absolute atomic E-state index is 0.388. The second-order valence-electron chi connectivity index (χ2n) is 6.56. The van der Waals surface area contributed by atoms with Crippen molar-refractivity contribution in [3.8, 4) is 0 Å². The fourth-order valence-electron chi connectivity index (χ4n) is 3.71. The normalized spacial score (nSPS) is 23.7. The molecule has 0 aromatic carbocycles. The van der Waals surface area contributed by atoms with E-state index in [-0.39, 0.29) is 0 Å². The highest BCUT2D eigenvalue weighted by molar-refractivity contribution is 4.97. The average Bonchev–Trinajstić information content (AvgIpc) is 3.16. The fourth-order valence-corrected chi connectivity index (χ4v) is 3.71. The predicted octanol–water partition coefficient (Wildman–Crippen LogP) is 1.88. The van der Waals surface area contributed by atoms with Crippen molar-refractivity contribution in [2.75, 3.05) is 33.2 Å². The lowest BCUT2D eigenvalue weighted by Crippen LogP contribution is -2.46. The molecule has 0 bridgehead atoms. The molecule has 1 atom stereocenters. The number of hydrogen-bond donors (Lipinski definition) is 0. The molecule has 3 rings (SSSR count). The van der Waals surface area contributed by atoms with E-state index in [1.54, 1.807) is 0 Å². The summed E-state index contributed by atoms with van der Waals surface area (Å²) < 4.78 is 2.14. The van der Waals surface area contributed by atoms with E-state index in [0.717, 1.165) is 38.4 Å². The van der Waals surface area contributed by atoms with Crippen LogP contribution in [0.3, 0.4) is 0 Å². The molecule has 0 spiro atoms. The molecule has 1 saturated carbocycles. The highest BCUT2D eigenvalue weighted by Gasteiger charge is 2.30. The minimum Gasteiger partial charge on any atom is -0.304 e. The van der Waals surface area contributed by atoms with Crippen LogP contribution in [0.25, 0.3) is 0 Å². The van der Waals surface area contributed by atoms with Gasteiger partial charge in [-0.25, -0.2) is 4.68 Å². The van der Waals surface area contributed by atoms with Gasteiger partial charge in [0.2, 0.25) is 0 Å². The molecular formula is C15H28N6. The summed E-state index contributed by atoms with van der Waals surface area (Å²) in [5, 5.41) is 12.8. The van der Waals surface area contributed by atoms with E-state index in [2.05, 4.69) is 44.0 Å². The maximum atomic E-state index is 4.42. The van der Waals surface area contributed by atoms with E-state index in [1.807, 2.05) is 0 Å². The third kappa shape index (κ3) is 3.26. The van der Waals surface area contributed by atoms with Gasteiger partial charge in [-0.1, -0.05) is 26.2 Å². The van der Waals surface area contributed by atoms with E-state index in [9.17, 15) is 0 Å². The quantitative estimate of drug-likeness (QED) is 0.829. The molecule has 1 aromatic heterocycles. The lowest BCUT2D eigenvalue weighted by molar-refractivity contribution is 0.0983. The molecule has 6 heteroatoms. The van der Waals surface area contributed by atoms with Crippen LogP contribution < -0.4 is 0 Å². The van der Waals surface area contributed by atoms with Crippen molar-refractivity contribution >= 4 is 0 Å². The predicted molar refractivity (Wildman–Crippen MR) is 82.0 cm³/mol. The smallest absolute Gasteiger partial charge is 0.168 e. The van der Waals surface area contributed by atoms with Crippen molar-refractivity contribution in [3.63, 3.8) is 0 Å². The molecule has 0 unspecified atom stereocenters. The first-order valence-electron chi connectivity index (χ1n) is 8.50. The Morgan fingerprint density at radius 3 is 2.52 bits per heavy atom. The Hall–Kier alpha value is -1.01. The van der Waals surface area contributed by atoms with Gasteiger partial charge in [0.15, 0.2) is 5.82 Å². The van der Waals surface area contributed by atoms with Gasteiger partial charge < -0.3 is 4.90 Å². The second kappa shape index (κ2) is 6.83. The van der Waals surface area contributed by atoms with E-state index in [0.29, 0.717) is 12.1 Å². The van der Waals surface area contributed by atoms with Gasteiger partial charge in [-0.15, -0.1) is 5.10 Å². The lowest BCUT2D eigenvalue weighted by Gasteiger charge is -2.37. The van der Waals surface area contributed by atoms with Crippen LogP contribution in [0.2, 0.25) is 0 Å². The van der Waals surface area contributed by atoms with Crippen LogP contribution in [0.5, 0.6) is 0 Å². The van der Waals surface area contributed by atoms with Crippen LogP contribution >= 0.6 is 0 Å². The van der Waals surface area contributed by atoms with Gasteiger partial charge in [0.1, 0.15) is 0 Å². The number of hydrogen-bond acceptors (Lipinski definition) is 5. The van der Waals surface area contributed by atoms with Crippen LogP contribution in [-0.2, 0) is 0 Å². The summed E-state index contributed by atoms with van der Waals surface area (Å²) in [6.07, 6.45) is 7.43. The molecular weight excluding hydrogens is 264 g/mol. The van der Waals surface area contributed by atoms with Crippen LogP contribution in [0.1, 0.15) is 63.4 Å². The van der Waals surface area contributed by atoms with Gasteiger partial charge in [-0.05, 0) is 36.7 Å². The highest BCUT2D eigenvalue weighted by Crippen LogP contribution is 2.33. The third-order valence-corrected chi connectivity index (χ3v) is 5.03. The average molecular weight is 292 g/mol. The van der Waals surface area contributed by atoms with Crippen LogP contribution in [-0.4, -0.2) is 63.2 Å². The van der Waals surface area contributed by atoms with E-state index < -0.39 is 0 Å². The first-order valence-corrected chi connectivity index (χ1v) is 8.50. The van der Waals surface area contributed by atoms with E-state index in [4.69, 9.17) is 0 Å². The first-order chi connectivity index (χ1) is 10.3. The molecule has 1 aliphatic heterocycles. The fraction of sp³-hybridized carbons (Fsp3) is 0.933. The zero-order valence-corrected chi connectivity index (χ0v) is 13.4. The minimum atomic E-state index is 0.388. The second-order valence-corrected chi connectivity index (χ2v) is 6.56. The summed E-state index contributed by atoms with van der Waals surface area (Å²) in [5.74, 6) is 1.10. The number of nitrogens with zero attached hydrogens (tertiary/aromatic N) is 6. The lowest BCUT2D eigenvalue weighted by atomic mass is 10.1. The summed E-state index contributed by atoms with van der Waals surface area (Å²) in [7, 11) is 2.20. The summed E-state index contributed by atoms with van der Waals surface area (Å²) in [6, 6.07) is 0.918. The topological polar surface area (TPSA) is 50.1 Å². The molecule has 0 amide bonds. The molecule has 1 saturated heterocycles. The van der Waals surface area contributed by atoms with Crippen LogP contribution in [0, 0.1) is 0 Å². The zero-order chi connectivity index (χ0) is 14.7. The maximum Gasteiger partial charge on any atom is 0.168 e. The van der Waals surface area contributed by atoms with Gasteiger partial charge in [0.05, 0.1) is 12.1 Å². The molecule has 118 valence electrons. The first kappa shape index (κ1) is 14.9. The Bertz CT molecular complexity index is 431. The standard InChI is InChI=1S/C15H28N6/c1-3-6-14(20-11-9-19(2)10-12-20)15-16-17-18-21(15)13-7-4-5-8-13/h13-14H,3-12H2,1-2H3/t14-/m0/s1. The summed E-state index contributed by atoms with van der Waals surface area (Å²) >= 11 is 0. The Kier molecular flexibility index (Phi) is 4.85. The number of tetrazole rings is 1.